The third-order valence-electron chi connectivity index (χ3n) is 9.44. The van der Waals surface area contributed by atoms with E-state index in [-0.39, 0.29) is 23.7 Å². The van der Waals surface area contributed by atoms with Gasteiger partial charge in [-0.3, -0.25) is 0 Å². The fourth-order valence-electron chi connectivity index (χ4n) is 7.22. The van der Waals surface area contributed by atoms with Crippen LogP contribution in [0.3, 0.4) is 0 Å². The van der Waals surface area contributed by atoms with Crippen molar-refractivity contribution < 1.29 is 8.42 Å². The molecule has 0 spiro atoms. The van der Waals surface area contributed by atoms with Crippen molar-refractivity contribution in [1.82, 2.24) is 4.31 Å². The summed E-state index contributed by atoms with van der Waals surface area (Å²) in [4.78, 5) is 2.28. The number of fused-ring (bicyclic) bond motifs is 1. The fraction of sp³-hybridized carbons (Fsp3) is 0.244. The first-order valence-electron chi connectivity index (χ1n) is 16.5. The maximum atomic E-state index is 14.0. The Balaban J connectivity index is 1.52. The van der Waals surface area contributed by atoms with Crippen molar-refractivity contribution in [1.29, 1.82) is 5.26 Å². The van der Waals surface area contributed by atoms with Gasteiger partial charge in [0.05, 0.1) is 22.8 Å². The van der Waals surface area contributed by atoms with E-state index in [9.17, 15) is 13.7 Å². The lowest BCUT2D eigenvalue weighted by molar-refractivity contribution is 0.316. The Morgan fingerprint density at radius 3 is 1.83 bits per heavy atom. The van der Waals surface area contributed by atoms with Gasteiger partial charge >= 0.3 is 0 Å². The normalized spacial score (nSPS) is 16.0. The molecule has 0 amide bonds. The van der Waals surface area contributed by atoms with Gasteiger partial charge in [0.2, 0.25) is 10.0 Å². The van der Waals surface area contributed by atoms with Crippen LogP contribution in [0.5, 0.6) is 0 Å². The molecule has 0 aliphatic carbocycles. The highest BCUT2D eigenvalue weighted by Gasteiger charge is 2.42. The minimum Gasteiger partial charge on any atom is -0.358 e. The number of rotatable bonds is 11. The summed E-state index contributed by atoms with van der Waals surface area (Å²) < 4.78 is 29.7. The molecule has 5 aromatic rings. The zero-order chi connectivity index (χ0) is 33.6. The smallest absolute Gasteiger partial charge is 0.214 e. The van der Waals surface area contributed by atoms with E-state index in [2.05, 4.69) is 95.9 Å². The van der Waals surface area contributed by atoms with Gasteiger partial charge in [-0.15, -0.1) is 0 Å². The van der Waals surface area contributed by atoms with E-state index in [1.165, 1.54) is 0 Å². The summed E-state index contributed by atoms with van der Waals surface area (Å²) in [5.41, 5.74) is 6.21. The predicted octanol–water partition coefficient (Wildman–Crippen LogP) is 8.21. The predicted molar refractivity (Wildman–Crippen MR) is 199 cm³/mol. The molecule has 0 saturated carbocycles. The second-order valence-corrected chi connectivity index (χ2v) is 15.1. The molecule has 6 rings (SSSR count). The average Bonchev–Trinajstić information content (AvgIpc) is 3.29. The van der Waals surface area contributed by atoms with Crippen LogP contribution in [0.2, 0.25) is 0 Å². The van der Waals surface area contributed by atoms with Crippen LogP contribution in [0, 0.1) is 11.3 Å². The minimum atomic E-state index is -3.60. The summed E-state index contributed by atoms with van der Waals surface area (Å²) in [6.07, 6.45) is 1.68. The SMILES string of the molecule is CCCS(=O)(=O)N1Cc2cc(C#N)ccc2N(C(S)CC(c2ccccc2)(c2ccccc2)c2ccccc2)CC1Cc1ccccc1. The van der Waals surface area contributed by atoms with Crippen molar-refractivity contribution in [3.05, 3.63) is 173 Å². The molecule has 0 fully saturated rings. The summed E-state index contributed by atoms with van der Waals surface area (Å²) in [5.74, 6) is 0.0645. The molecule has 2 atom stereocenters. The number of nitriles is 1. The van der Waals surface area contributed by atoms with Crippen LogP contribution in [0.15, 0.2) is 140 Å². The van der Waals surface area contributed by atoms with Gasteiger partial charge in [0, 0.05) is 30.2 Å². The summed E-state index contributed by atoms with van der Waals surface area (Å²) >= 11 is 5.44. The summed E-state index contributed by atoms with van der Waals surface area (Å²) in [5, 5.41) is 9.53. The Kier molecular flexibility index (Phi) is 10.4. The molecule has 1 aliphatic heterocycles. The lowest BCUT2D eigenvalue weighted by Gasteiger charge is -2.42. The molecule has 48 heavy (non-hydrogen) atoms. The first-order chi connectivity index (χ1) is 23.4. The van der Waals surface area contributed by atoms with Crippen LogP contribution in [0.4, 0.5) is 5.69 Å². The van der Waals surface area contributed by atoms with Gasteiger partial charge in [0.1, 0.15) is 0 Å². The molecule has 0 aromatic heterocycles. The highest BCUT2D eigenvalue weighted by molar-refractivity contribution is 7.89. The van der Waals surface area contributed by atoms with E-state index in [1.807, 2.05) is 61.5 Å². The van der Waals surface area contributed by atoms with Gasteiger partial charge in [-0.1, -0.05) is 128 Å². The van der Waals surface area contributed by atoms with Crippen molar-refractivity contribution in [3.8, 4) is 6.07 Å². The Labute approximate surface area is 290 Å². The Morgan fingerprint density at radius 1 is 0.812 bits per heavy atom. The number of nitrogens with zero attached hydrogens (tertiary/aromatic N) is 3. The molecule has 0 saturated heterocycles. The zero-order valence-electron chi connectivity index (χ0n) is 27.2. The molecule has 0 N–H and O–H groups in total. The highest BCUT2D eigenvalue weighted by Crippen LogP contribution is 2.45. The van der Waals surface area contributed by atoms with Crippen molar-refractivity contribution >= 4 is 28.3 Å². The molecular formula is C41H41N3O2S2. The van der Waals surface area contributed by atoms with Gasteiger partial charge in [-0.25, -0.2) is 8.42 Å². The van der Waals surface area contributed by atoms with Gasteiger partial charge in [-0.2, -0.15) is 22.2 Å². The quantitative estimate of drug-likeness (QED) is 0.114. The molecule has 5 aromatic carbocycles. The molecule has 1 heterocycles. The lowest BCUT2D eigenvalue weighted by atomic mass is 9.67. The summed E-state index contributed by atoms with van der Waals surface area (Å²) in [6.45, 7) is 2.54. The van der Waals surface area contributed by atoms with Gasteiger partial charge in [-0.05, 0) is 65.3 Å². The monoisotopic (exact) mass is 671 g/mol. The van der Waals surface area contributed by atoms with Gasteiger partial charge in [0.15, 0.2) is 0 Å². The van der Waals surface area contributed by atoms with Crippen molar-refractivity contribution in [3.63, 3.8) is 0 Å². The highest BCUT2D eigenvalue weighted by atomic mass is 32.2. The fourth-order valence-corrected chi connectivity index (χ4v) is 9.39. The number of benzene rings is 5. The largest absolute Gasteiger partial charge is 0.358 e. The third-order valence-corrected chi connectivity index (χ3v) is 12.0. The van der Waals surface area contributed by atoms with Gasteiger partial charge in [0.25, 0.3) is 0 Å². The molecule has 244 valence electrons. The van der Waals surface area contributed by atoms with Crippen molar-refractivity contribution in [2.45, 2.75) is 49.6 Å². The maximum absolute atomic E-state index is 14.0. The molecular weight excluding hydrogens is 631 g/mol. The second-order valence-electron chi connectivity index (χ2n) is 12.5. The molecule has 7 heteroatoms. The molecule has 1 aliphatic rings. The Hall–Kier alpha value is -4.35. The van der Waals surface area contributed by atoms with E-state index in [0.29, 0.717) is 31.4 Å². The maximum Gasteiger partial charge on any atom is 0.214 e. The standard InChI is InChI=1S/C41H41N3O2S2/c1-2-25-48(45,46)44-30-34-26-33(29-42)23-24-39(34)43(31-38(44)27-32-15-7-3-8-16-32)40(47)28-41(35-17-9-4-10-18-35,36-19-11-5-12-20-36)37-21-13-6-14-22-37/h3-24,26,38,40,47H,2,25,27-28,30-31H2,1H3. The number of sulfonamides is 1. The van der Waals surface area contributed by atoms with Gasteiger partial charge < -0.3 is 4.90 Å². The van der Waals surface area contributed by atoms with Crippen molar-refractivity contribution in [2.75, 3.05) is 17.2 Å². The Bertz CT molecular complexity index is 1850. The average molecular weight is 672 g/mol. The lowest BCUT2D eigenvalue weighted by Crippen LogP contribution is -2.49. The van der Waals surface area contributed by atoms with E-state index in [1.54, 1.807) is 4.31 Å². The second kappa shape index (κ2) is 14.8. The van der Waals surface area contributed by atoms with E-state index in [0.717, 1.165) is 33.5 Å². The number of hydrogen-bond acceptors (Lipinski definition) is 5. The minimum absolute atomic E-state index is 0.0645. The topological polar surface area (TPSA) is 64.4 Å². The van der Waals surface area contributed by atoms with E-state index < -0.39 is 15.4 Å². The first kappa shape index (κ1) is 33.5. The van der Waals surface area contributed by atoms with Crippen molar-refractivity contribution in [2.24, 2.45) is 0 Å². The number of anilines is 1. The van der Waals surface area contributed by atoms with Crippen LogP contribution in [-0.4, -0.2) is 36.4 Å². The molecule has 0 bridgehead atoms. The summed E-state index contributed by atoms with van der Waals surface area (Å²) in [6, 6.07) is 49.4. The van der Waals surface area contributed by atoms with Crippen LogP contribution in [0.1, 0.15) is 53.1 Å². The molecule has 0 radical (unpaired) electrons. The van der Waals surface area contributed by atoms with E-state index >= 15 is 0 Å². The first-order valence-corrected chi connectivity index (χ1v) is 18.7. The Morgan fingerprint density at radius 2 is 1.33 bits per heavy atom. The summed E-state index contributed by atoms with van der Waals surface area (Å²) in [7, 11) is -3.60. The van der Waals surface area contributed by atoms with Crippen LogP contribution in [-0.2, 0) is 28.4 Å². The van der Waals surface area contributed by atoms with Crippen LogP contribution < -0.4 is 4.90 Å². The van der Waals surface area contributed by atoms with E-state index in [4.69, 9.17) is 12.6 Å². The number of thiol groups is 1. The number of hydrogen-bond donors (Lipinski definition) is 1. The zero-order valence-corrected chi connectivity index (χ0v) is 28.9. The van der Waals surface area contributed by atoms with Crippen LogP contribution >= 0.6 is 12.6 Å². The molecule has 2 unspecified atom stereocenters. The third kappa shape index (κ3) is 6.93. The van der Waals surface area contributed by atoms with Crippen LogP contribution in [0.25, 0.3) is 0 Å². The molecule has 5 nitrogen and oxygen atoms in total.